The predicted molar refractivity (Wildman–Crippen MR) is 121 cm³/mol. The molecule has 0 aliphatic heterocycles. The lowest BCUT2D eigenvalue weighted by Gasteiger charge is -2.23. The van der Waals surface area contributed by atoms with Gasteiger partial charge >= 0.3 is 6.09 Å². The molecule has 6 nitrogen and oxygen atoms in total. The molecule has 1 aliphatic rings. The molecule has 0 spiro atoms. The Morgan fingerprint density at radius 2 is 2.33 bits per heavy atom. The minimum absolute atomic E-state index is 0.200. The second-order valence-electron chi connectivity index (χ2n) is 7.05. The van der Waals surface area contributed by atoms with Crippen molar-refractivity contribution in [3.8, 4) is 6.07 Å². The van der Waals surface area contributed by atoms with Crippen LogP contribution in [0.25, 0.3) is 6.08 Å². The van der Waals surface area contributed by atoms with E-state index in [2.05, 4.69) is 18.0 Å². The van der Waals surface area contributed by atoms with Crippen molar-refractivity contribution in [1.29, 1.82) is 5.26 Å². The van der Waals surface area contributed by atoms with E-state index in [9.17, 15) is 14.9 Å². The van der Waals surface area contributed by atoms with Crippen LogP contribution in [0.2, 0.25) is 0 Å². The molecule has 2 heterocycles. The lowest BCUT2D eigenvalue weighted by atomic mass is 9.88. The minimum atomic E-state index is -0.366. The van der Waals surface area contributed by atoms with Gasteiger partial charge in [-0.1, -0.05) is 6.08 Å². The molecule has 2 amide bonds. The van der Waals surface area contributed by atoms with Crippen LogP contribution in [0.4, 0.5) is 9.80 Å². The third-order valence-corrected chi connectivity index (χ3v) is 6.71. The van der Waals surface area contributed by atoms with Crippen LogP contribution in [0.1, 0.15) is 28.0 Å². The number of rotatable bonds is 7. The highest BCUT2D eigenvalue weighted by molar-refractivity contribution is 7.16. The number of nitriles is 1. The first kappa shape index (κ1) is 21.8. The van der Waals surface area contributed by atoms with Crippen molar-refractivity contribution in [3.63, 3.8) is 0 Å². The number of thiophene rings is 2. The molecule has 0 aromatic carbocycles. The van der Waals surface area contributed by atoms with E-state index in [1.165, 1.54) is 22.3 Å². The fourth-order valence-corrected chi connectivity index (χ4v) is 5.21. The summed E-state index contributed by atoms with van der Waals surface area (Å²) < 4.78 is 5.41. The lowest BCUT2D eigenvalue weighted by Crippen LogP contribution is -2.30. The highest BCUT2D eigenvalue weighted by Gasteiger charge is 2.27. The van der Waals surface area contributed by atoms with E-state index >= 15 is 0 Å². The highest BCUT2D eigenvalue weighted by atomic mass is 32.1. The van der Waals surface area contributed by atoms with Crippen molar-refractivity contribution in [2.45, 2.75) is 19.3 Å². The number of anilines is 1. The van der Waals surface area contributed by atoms with Crippen LogP contribution in [0.5, 0.6) is 0 Å². The van der Waals surface area contributed by atoms with Crippen molar-refractivity contribution in [2.75, 3.05) is 25.5 Å². The highest BCUT2D eigenvalue weighted by Crippen LogP contribution is 2.39. The molecule has 8 heteroatoms. The molecule has 0 saturated carbocycles. The summed E-state index contributed by atoms with van der Waals surface area (Å²) in [6, 6.07) is 4.18. The third kappa shape index (κ3) is 5.38. The van der Waals surface area contributed by atoms with E-state index in [0.717, 1.165) is 35.3 Å². The van der Waals surface area contributed by atoms with Crippen molar-refractivity contribution in [1.82, 2.24) is 4.90 Å². The van der Waals surface area contributed by atoms with Gasteiger partial charge in [-0.15, -0.1) is 17.9 Å². The smallest absolute Gasteiger partial charge is 0.409 e. The van der Waals surface area contributed by atoms with Gasteiger partial charge < -0.3 is 15.0 Å². The Hall–Kier alpha value is -2.89. The molecule has 30 heavy (non-hydrogen) atoms. The van der Waals surface area contributed by atoms with Crippen molar-refractivity contribution in [3.05, 3.63) is 57.1 Å². The van der Waals surface area contributed by atoms with Gasteiger partial charge in [0.05, 0.1) is 12.2 Å². The van der Waals surface area contributed by atoms with Gasteiger partial charge in [0.1, 0.15) is 11.1 Å². The van der Waals surface area contributed by atoms with Gasteiger partial charge in [-0.3, -0.25) is 4.79 Å². The number of ether oxygens (including phenoxy) is 1. The molecule has 2 aromatic heterocycles. The van der Waals surface area contributed by atoms with Gasteiger partial charge in [-0.05, 0) is 59.2 Å². The maximum absolute atomic E-state index is 12.3. The largest absolute Gasteiger partial charge is 0.449 e. The summed E-state index contributed by atoms with van der Waals surface area (Å²) in [5.74, 6) is -0.0576. The Labute approximate surface area is 184 Å². The van der Waals surface area contributed by atoms with Crippen molar-refractivity contribution in [2.24, 2.45) is 5.92 Å². The van der Waals surface area contributed by atoms with E-state index < -0.39 is 0 Å². The van der Waals surface area contributed by atoms with Crippen LogP contribution >= 0.6 is 22.7 Å². The van der Waals surface area contributed by atoms with Gasteiger partial charge in [-0.25, -0.2) is 4.79 Å². The number of carbonyl (C=O) groups is 2. The molecule has 0 fully saturated rings. The molecule has 3 rings (SSSR count). The van der Waals surface area contributed by atoms with Crippen LogP contribution in [-0.4, -0.2) is 37.1 Å². The van der Waals surface area contributed by atoms with Crippen LogP contribution in [-0.2, 0) is 22.4 Å². The number of nitrogens with one attached hydrogen (secondary N) is 1. The van der Waals surface area contributed by atoms with Crippen LogP contribution in [0.3, 0.4) is 0 Å². The Balaban J connectivity index is 1.62. The summed E-state index contributed by atoms with van der Waals surface area (Å²) in [7, 11) is 1.67. The Bertz CT molecular complexity index is 986. The summed E-state index contributed by atoms with van der Waals surface area (Å²) in [5, 5.41) is 17.0. The number of fused-ring (bicyclic) bond motifs is 1. The first-order chi connectivity index (χ1) is 14.5. The first-order valence-corrected chi connectivity index (χ1v) is 11.3. The molecule has 0 saturated heterocycles. The monoisotopic (exact) mass is 441 g/mol. The standard InChI is InChI=1S/C22H23N3O3S2/c1-3-9-25(2)22(27)28-13-16-4-6-17-18(12-23)21(30-19(17)11-16)24-20(26)7-5-15-8-10-29-14-15/h3,5,7-8,10,14,16H,1,4,6,9,11,13H2,2H3,(H,24,26). The predicted octanol–water partition coefficient (Wildman–Crippen LogP) is 4.69. The number of nitrogens with zero attached hydrogens (tertiary/aromatic N) is 2. The molecule has 0 radical (unpaired) electrons. The summed E-state index contributed by atoms with van der Waals surface area (Å²) >= 11 is 3.01. The zero-order chi connectivity index (χ0) is 21.5. The number of carbonyl (C=O) groups excluding carboxylic acids is 2. The average molecular weight is 442 g/mol. The van der Waals surface area contributed by atoms with E-state index in [4.69, 9.17) is 4.74 Å². The first-order valence-electron chi connectivity index (χ1n) is 9.56. The topological polar surface area (TPSA) is 82.4 Å². The van der Waals surface area contributed by atoms with E-state index in [-0.39, 0.29) is 17.9 Å². The van der Waals surface area contributed by atoms with Crippen molar-refractivity contribution < 1.29 is 14.3 Å². The van der Waals surface area contributed by atoms with E-state index in [1.807, 2.05) is 16.8 Å². The summed E-state index contributed by atoms with van der Waals surface area (Å²) in [4.78, 5) is 26.8. The minimum Gasteiger partial charge on any atom is -0.449 e. The maximum atomic E-state index is 12.3. The molecule has 1 atom stereocenters. The van der Waals surface area contributed by atoms with Crippen LogP contribution in [0.15, 0.2) is 35.6 Å². The van der Waals surface area contributed by atoms with E-state index in [1.54, 1.807) is 30.5 Å². The van der Waals surface area contributed by atoms with Crippen molar-refractivity contribution >= 4 is 45.8 Å². The normalized spacial score (nSPS) is 15.3. The Morgan fingerprint density at radius 3 is 3.03 bits per heavy atom. The average Bonchev–Trinajstić information content (AvgIpc) is 3.37. The van der Waals surface area contributed by atoms with Gasteiger partial charge in [0.25, 0.3) is 0 Å². The van der Waals surface area contributed by atoms with Gasteiger partial charge in [0.15, 0.2) is 0 Å². The number of amides is 2. The summed E-state index contributed by atoms with van der Waals surface area (Å²) in [6.07, 6.45) is 6.81. The number of likely N-dealkylation sites (N-methyl/N-ethyl adjacent to an activating group) is 1. The van der Waals surface area contributed by atoms with Gasteiger partial charge in [0, 0.05) is 24.5 Å². The van der Waals surface area contributed by atoms with Crippen LogP contribution in [0, 0.1) is 17.2 Å². The SMILES string of the molecule is C=CCN(C)C(=O)OCC1CCc2c(sc(NC(=O)C=Cc3ccsc3)c2C#N)C1. The molecule has 156 valence electrons. The van der Waals surface area contributed by atoms with Gasteiger partial charge in [-0.2, -0.15) is 16.6 Å². The third-order valence-electron chi connectivity index (χ3n) is 4.84. The molecule has 1 N–H and O–H groups in total. The molecule has 1 aliphatic carbocycles. The quantitative estimate of drug-likeness (QED) is 0.499. The maximum Gasteiger partial charge on any atom is 0.409 e. The number of hydrogen-bond donors (Lipinski definition) is 1. The zero-order valence-electron chi connectivity index (χ0n) is 16.7. The van der Waals surface area contributed by atoms with Gasteiger partial charge in [0.2, 0.25) is 5.91 Å². The van der Waals surface area contributed by atoms with Crippen LogP contribution < -0.4 is 5.32 Å². The second-order valence-corrected chi connectivity index (χ2v) is 8.94. The summed E-state index contributed by atoms with van der Waals surface area (Å²) in [5.41, 5.74) is 2.52. The Kier molecular flexibility index (Phi) is 7.44. The molecular formula is C22H23N3O3S2. The number of hydrogen-bond acceptors (Lipinski definition) is 6. The zero-order valence-corrected chi connectivity index (χ0v) is 18.4. The molecule has 1 unspecified atom stereocenters. The fourth-order valence-electron chi connectivity index (χ4n) is 3.27. The van der Waals surface area contributed by atoms with E-state index in [0.29, 0.717) is 23.7 Å². The molecule has 2 aromatic rings. The lowest BCUT2D eigenvalue weighted by molar-refractivity contribution is -0.111. The second kappa shape index (κ2) is 10.2. The fraction of sp³-hybridized carbons (Fsp3) is 0.318. The Morgan fingerprint density at radius 1 is 1.50 bits per heavy atom. The molecule has 0 bridgehead atoms. The molecular weight excluding hydrogens is 418 g/mol. The summed E-state index contributed by atoms with van der Waals surface area (Å²) in [6.45, 7) is 4.39.